The Labute approximate surface area is 260 Å². The highest BCUT2D eigenvalue weighted by atomic mass is 16.5. The number of benzene rings is 2. The lowest BCUT2D eigenvalue weighted by Crippen LogP contribution is -2.40. The number of carboxylic acid groups (broad SMARTS) is 1. The van der Waals surface area contributed by atoms with Gasteiger partial charge in [-0.1, -0.05) is 32.9 Å². The van der Waals surface area contributed by atoms with E-state index in [1.54, 1.807) is 29.3 Å². The number of pyridine rings is 1. The summed E-state index contributed by atoms with van der Waals surface area (Å²) in [6, 6.07) is 16.8. The van der Waals surface area contributed by atoms with E-state index >= 15 is 0 Å². The van der Waals surface area contributed by atoms with Gasteiger partial charge in [-0.05, 0) is 103 Å². The van der Waals surface area contributed by atoms with Gasteiger partial charge in [-0.2, -0.15) is 0 Å². The maximum Gasteiger partial charge on any atom is 0.303 e. The standard InChI is InChI=1S/C36H45N3O5/c1-24-12-15-37-33(18-24)39(23-36(2,3)4)35(43)30-11-10-28(40)20-32(30)38-16-13-25(14-17-38)22-44-29-7-5-6-27(19-29)31(21-34(41)42)26-8-9-26/h5-7,10-12,15,18-20,25-26,31,40H,8-9,13-14,16-17,21-23H2,1-4H3,(H,41,42). The molecule has 2 N–H and O–H groups in total. The summed E-state index contributed by atoms with van der Waals surface area (Å²) in [6.07, 6.45) is 5.84. The topological polar surface area (TPSA) is 103 Å². The fourth-order valence-electron chi connectivity index (χ4n) is 6.14. The highest BCUT2D eigenvalue weighted by Crippen LogP contribution is 2.45. The number of aryl methyl sites for hydroxylation is 1. The van der Waals surface area contributed by atoms with Crippen molar-refractivity contribution in [2.75, 3.05) is 36.0 Å². The Kier molecular flexibility index (Phi) is 9.47. The van der Waals surface area contributed by atoms with Crippen molar-refractivity contribution in [3.63, 3.8) is 0 Å². The first-order valence-electron chi connectivity index (χ1n) is 15.7. The SMILES string of the molecule is Cc1ccnc(N(CC(C)(C)C)C(=O)c2ccc(O)cc2N2CCC(COc3cccc(C(CC(=O)O)C4CC4)c3)CC2)c1. The maximum absolute atomic E-state index is 14.1. The number of phenols is 1. The highest BCUT2D eigenvalue weighted by molar-refractivity contribution is 6.09. The number of carboxylic acids is 1. The first-order valence-corrected chi connectivity index (χ1v) is 15.7. The van der Waals surface area contributed by atoms with Crippen LogP contribution in [0.15, 0.2) is 60.8 Å². The number of aromatic hydroxyl groups is 1. The number of hydrogen-bond donors (Lipinski definition) is 2. The van der Waals surface area contributed by atoms with Crippen molar-refractivity contribution in [1.82, 2.24) is 4.98 Å². The minimum Gasteiger partial charge on any atom is -0.508 e. The van der Waals surface area contributed by atoms with Crippen LogP contribution < -0.4 is 14.5 Å². The smallest absolute Gasteiger partial charge is 0.303 e. The number of nitrogens with zero attached hydrogens (tertiary/aromatic N) is 3. The quantitative estimate of drug-likeness (QED) is 0.243. The second-order valence-corrected chi connectivity index (χ2v) is 13.7. The summed E-state index contributed by atoms with van der Waals surface area (Å²) in [5, 5.41) is 19.8. The van der Waals surface area contributed by atoms with Crippen LogP contribution >= 0.6 is 0 Å². The summed E-state index contributed by atoms with van der Waals surface area (Å²) in [5.41, 5.74) is 3.22. The fourth-order valence-corrected chi connectivity index (χ4v) is 6.14. The number of aliphatic carboxylic acids is 1. The predicted molar refractivity (Wildman–Crippen MR) is 173 cm³/mol. The molecule has 0 bridgehead atoms. The molecule has 2 aromatic carbocycles. The van der Waals surface area contributed by atoms with Gasteiger partial charge in [0, 0.05) is 31.9 Å². The molecule has 8 nitrogen and oxygen atoms in total. The number of aromatic nitrogens is 1. The summed E-state index contributed by atoms with van der Waals surface area (Å²) in [4.78, 5) is 34.0. The van der Waals surface area contributed by atoms with Gasteiger partial charge in [0.25, 0.3) is 5.91 Å². The number of carbonyl (C=O) groups excluding carboxylic acids is 1. The average molecular weight is 600 g/mol. The number of hydrogen-bond acceptors (Lipinski definition) is 6. The van der Waals surface area contributed by atoms with Gasteiger partial charge in [0.2, 0.25) is 0 Å². The van der Waals surface area contributed by atoms with Gasteiger partial charge in [0.05, 0.1) is 24.3 Å². The van der Waals surface area contributed by atoms with E-state index < -0.39 is 5.97 Å². The molecule has 0 radical (unpaired) electrons. The molecule has 5 rings (SSSR count). The molecule has 0 spiro atoms. The van der Waals surface area contributed by atoms with Crippen LogP contribution in [0.25, 0.3) is 0 Å². The van der Waals surface area contributed by atoms with E-state index in [1.165, 1.54) is 0 Å². The number of anilines is 2. The van der Waals surface area contributed by atoms with E-state index in [9.17, 15) is 19.8 Å². The summed E-state index contributed by atoms with van der Waals surface area (Å²) >= 11 is 0. The van der Waals surface area contributed by atoms with Gasteiger partial charge < -0.3 is 19.8 Å². The van der Waals surface area contributed by atoms with E-state index in [1.807, 2.05) is 43.3 Å². The van der Waals surface area contributed by atoms with Gasteiger partial charge in [0.15, 0.2) is 0 Å². The van der Waals surface area contributed by atoms with E-state index in [0.29, 0.717) is 36.4 Å². The van der Waals surface area contributed by atoms with Crippen LogP contribution in [0.2, 0.25) is 0 Å². The van der Waals surface area contributed by atoms with Gasteiger partial charge in [-0.25, -0.2) is 4.98 Å². The monoisotopic (exact) mass is 599 g/mol. The molecular formula is C36H45N3O5. The Balaban J connectivity index is 1.26. The minimum atomic E-state index is -0.759. The van der Waals surface area contributed by atoms with Crippen LogP contribution in [0, 0.1) is 24.2 Å². The van der Waals surface area contributed by atoms with E-state index in [4.69, 9.17) is 4.74 Å². The van der Waals surface area contributed by atoms with E-state index in [0.717, 1.165) is 61.3 Å². The number of piperidine rings is 1. The Morgan fingerprint density at radius 1 is 1.05 bits per heavy atom. The molecule has 1 aromatic heterocycles. The largest absolute Gasteiger partial charge is 0.508 e. The zero-order valence-corrected chi connectivity index (χ0v) is 26.3. The molecule has 1 unspecified atom stereocenters. The van der Waals surface area contributed by atoms with Crippen LogP contribution in [0.5, 0.6) is 11.5 Å². The zero-order chi connectivity index (χ0) is 31.4. The molecule has 3 aromatic rings. The lowest BCUT2D eigenvalue weighted by molar-refractivity contribution is -0.137. The summed E-state index contributed by atoms with van der Waals surface area (Å²) in [5.74, 6) is 1.48. The Morgan fingerprint density at radius 3 is 2.45 bits per heavy atom. The first kappa shape index (κ1) is 31.4. The van der Waals surface area contributed by atoms with Crippen LogP contribution in [0.1, 0.15) is 80.3 Å². The first-order chi connectivity index (χ1) is 21.0. The molecule has 1 atom stereocenters. The number of carbonyl (C=O) groups is 2. The van der Waals surface area contributed by atoms with Crippen LogP contribution in [0.4, 0.5) is 11.5 Å². The molecule has 1 saturated heterocycles. The minimum absolute atomic E-state index is 0.0412. The van der Waals surface area contributed by atoms with Crippen molar-refractivity contribution in [2.45, 2.75) is 65.7 Å². The normalized spacial score (nSPS) is 16.4. The molecule has 1 aliphatic carbocycles. The summed E-state index contributed by atoms with van der Waals surface area (Å²) in [7, 11) is 0. The van der Waals surface area contributed by atoms with Crippen molar-refractivity contribution in [2.24, 2.45) is 17.3 Å². The lowest BCUT2D eigenvalue weighted by Gasteiger charge is -2.36. The molecule has 2 aliphatic rings. The molecular weight excluding hydrogens is 554 g/mol. The molecule has 1 saturated carbocycles. The third-order valence-electron chi connectivity index (χ3n) is 8.58. The van der Waals surface area contributed by atoms with Crippen LogP contribution in [-0.4, -0.2) is 53.3 Å². The second-order valence-electron chi connectivity index (χ2n) is 13.7. The second kappa shape index (κ2) is 13.3. The molecule has 44 heavy (non-hydrogen) atoms. The molecule has 2 heterocycles. The molecule has 1 aliphatic heterocycles. The van der Waals surface area contributed by atoms with Crippen molar-refractivity contribution >= 4 is 23.4 Å². The van der Waals surface area contributed by atoms with Crippen LogP contribution in [0.3, 0.4) is 0 Å². The van der Waals surface area contributed by atoms with Crippen molar-refractivity contribution in [3.8, 4) is 11.5 Å². The Hall–Kier alpha value is -4.07. The summed E-state index contributed by atoms with van der Waals surface area (Å²) < 4.78 is 6.23. The maximum atomic E-state index is 14.1. The number of phenolic OH excluding ortho intramolecular Hbond substituents is 1. The Morgan fingerprint density at radius 2 is 1.80 bits per heavy atom. The third-order valence-corrected chi connectivity index (χ3v) is 8.58. The van der Waals surface area contributed by atoms with E-state index in [-0.39, 0.29) is 29.4 Å². The highest BCUT2D eigenvalue weighted by Gasteiger charge is 2.34. The number of ether oxygens (including phenoxy) is 1. The average Bonchev–Trinajstić information content (AvgIpc) is 3.83. The van der Waals surface area contributed by atoms with Gasteiger partial charge in [-0.3, -0.25) is 14.5 Å². The summed E-state index contributed by atoms with van der Waals surface area (Å²) in [6.45, 7) is 10.9. The van der Waals surface area contributed by atoms with Crippen molar-refractivity contribution in [1.29, 1.82) is 0 Å². The van der Waals surface area contributed by atoms with Crippen molar-refractivity contribution < 1.29 is 24.5 Å². The molecule has 2 fully saturated rings. The fraction of sp³-hybridized carbons (Fsp3) is 0.472. The number of amides is 1. The third kappa shape index (κ3) is 8.10. The Bertz CT molecular complexity index is 1470. The van der Waals surface area contributed by atoms with Gasteiger partial charge in [-0.15, -0.1) is 0 Å². The molecule has 1 amide bonds. The van der Waals surface area contributed by atoms with Gasteiger partial charge in [0.1, 0.15) is 17.3 Å². The van der Waals surface area contributed by atoms with E-state index in [2.05, 4.69) is 30.7 Å². The molecule has 8 heteroatoms. The molecule has 234 valence electrons. The van der Waals surface area contributed by atoms with Crippen molar-refractivity contribution in [3.05, 3.63) is 77.5 Å². The lowest BCUT2D eigenvalue weighted by atomic mass is 9.91. The zero-order valence-electron chi connectivity index (χ0n) is 26.3. The number of rotatable bonds is 11. The van der Waals surface area contributed by atoms with Crippen LogP contribution in [-0.2, 0) is 4.79 Å². The predicted octanol–water partition coefficient (Wildman–Crippen LogP) is 7.05. The van der Waals surface area contributed by atoms with Gasteiger partial charge >= 0.3 is 5.97 Å².